The van der Waals surface area contributed by atoms with Gasteiger partial charge in [0.1, 0.15) is 6.61 Å². The third-order valence-corrected chi connectivity index (χ3v) is 4.41. The summed E-state index contributed by atoms with van der Waals surface area (Å²) in [6.07, 6.45) is 5.00. The molecule has 2 aromatic rings. The summed E-state index contributed by atoms with van der Waals surface area (Å²) in [6, 6.07) is 16.5. The number of terminal acetylenes is 1. The Morgan fingerprint density at radius 3 is 2.21 bits per heavy atom. The molecule has 0 spiro atoms. The number of ether oxygens (including phenoxy) is 1. The number of hydrogen-bond donors (Lipinski definition) is 1. The second kappa shape index (κ2) is 6.41. The first-order valence-electron chi connectivity index (χ1n) is 8.08. The highest BCUT2D eigenvalue weighted by Crippen LogP contribution is 2.44. The molecule has 1 amide bonds. The van der Waals surface area contributed by atoms with Crippen molar-refractivity contribution in [3.63, 3.8) is 0 Å². The molecule has 0 aliphatic heterocycles. The minimum atomic E-state index is -0.430. The minimum absolute atomic E-state index is 0.0730. The predicted molar refractivity (Wildman–Crippen MR) is 95.7 cm³/mol. The summed E-state index contributed by atoms with van der Waals surface area (Å²) < 4.78 is 5.46. The van der Waals surface area contributed by atoms with E-state index in [9.17, 15) is 4.79 Å². The summed E-state index contributed by atoms with van der Waals surface area (Å²) in [5, 5.41) is 2.74. The van der Waals surface area contributed by atoms with Crippen molar-refractivity contribution in [2.24, 2.45) is 5.41 Å². The molecule has 0 bridgehead atoms. The Morgan fingerprint density at radius 1 is 1.12 bits per heavy atom. The van der Waals surface area contributed by atoms with Gasteiger partial charge in [-0.15, -0.1) is 6.42 Å². The van der Waals surface area contributed by atoms with Crippen LogP contribution in [0.15, 0.2) is 48.5 Å². The first-order chi connectivity index (χ1) is 11.5. The van der Waals surface area contributed by atoms with Crippen LogP contribution in [0.5, 0.6) is 0 Å². The lowest BCUT2D eigenvalue weighted by molar-refractivity contribution is 0.140. The molecule has 1 aliphatic rings. The number of fused-ring (bicyclic) bond motifs is 3. The Morgan fingerprint density at radius 2 is 1.67 bits per heavy atom. The van der Waals surface area contributed by atoms with Crippen LogP contribution in [0.4, 0.5) is 4.79 Å². The van der Waals surface area contributed by atoms with Crippen LogP contribution in [0.3, 0.4) is 0 Å². The molecule has 0 heterocycles. The molecule has 0 unspecified atom stereocenters. The van der Waals surface area contributed by atoms with Gasteiger partial charge in [-0.2, -0.15) is 0 Å². The van der Waals surface area contributed by atoms with E-state index >= 15 is 0 Å². The molecule has 3 heteroatoms. The van der Waals surface area contributed by atoms with Crippen LogP contribution < -0.4 is 5.32 Å². The number of carbonyl (C=O) groups excluding carboxylic acids is 1. The Kier molecular flexibility index (Phi) is 4.31. The van der Waals surface area contributed by atoms with Gasteiger partial charge in [-0.05, 0) is 36.1 Å². The predicted octanol–water partition coefficient (Wildman–Crippen LogP) is 4.18. The standard InChI is InChI=1S/C21H21NO2/c1-4-21(2,3)14-22-20(23)24-13-19-17-11-7-5-9-15(17)16-10-6-8-12-18(16)19/h1,5-12,19H,13-14H2,2-3H3,(H,22,23). The Balaban J connectivity index is 1.70. The van der Waals surface area contributed by atoms with Gasteiger partial charge in [0.25, 0.3) is 0 Å². The Hall–Kier alpha value is -2.73. The van der Waals surface area contributed by atoms with Crippen molar-refractivity contribution in [2.75, 3.05) is 13.2 Å². The SMILES string of the molecule is C#CC(C)(C)CNC(=O)OCC1c2ccccc2-c2ccccc21. The average molecular weight is 319 g/mol. The van der Waals surface area contributed by atoms with E-state index in [-0.39, 0.29) is 11.3 Å². The van der Waals surface area contributed by atoms with E-state index in [4.69, 9.17) is 11.2 Å². The molecule has 0 saturated carbocycles. The van der Waals surface area contributed by atoms with Crippen molar-refractivity contribution < 1.29 is 9.53 Å². The van der Waals surface area contributed by atoms with E-state index in [0.29, 0.717) is 13.2 Å². The fourth-order valence-corrected chi connectivity index (χ4v) is 2.99. The normalized spacial score (nSPS) is 12.9. The molecule has 2 aromatic carbocycles. The molecule has 3 rings (SSSR count). The summed E-state index contributed by atoms with van der Waals surface area (Å²) >= 11 is 0. The van der Waals surface area contributed by atoms with Gasteiger partial charge >= 0.3 is 6.09 Å². The van der Waals surface area contributed by atoms with Crippen LogP contribution in [0.2, 0.25) is 0 Å². The van der Waals surface area contributed by atoms with Gasteiger partial charge in [0.2, 0.25) is 0 Å². The molecule has 0 saturated heterocycles. The van der Waals surface area contributed by atoms with E-state index in [0.717, 1.165) is 0 Å². The molecule has 0 aromatic heterocycles. The fraction of sp³-hybridized carbons (Fsp3) is 0.286. The first kappa shape index (κ1) is 16.1. The molecule has 0 fully saturated rings. The summed E-state index contributed by atoms with van der Waals surface area (Å²) in [6.45, 7) is 4.50. The van der Waals surface area contributed by atoms with Gasteiger partial charge in [-0.1, -0.05) is 54.5 Å². The first-order valence-corrected chi connectivity index (χ1v) is 8.08. The third-order valence-electron chi connectivity index (χ3n) is 4.41. The van der Waals surface area contributed by atoms with Crippen molar-refractivity contribution in [2.45, 2.75) is 19.8 Å². The maximum Gasteiger partial charge on any atom is 0.407 e. The number of alkyl carbamates (subject to hydrolysis) is 1. The number of hydrogen-bond acceptors (Lipinski definition) is 2. The lowest BCUT2D eigenvalue weighted by Crippen LogP contribution is -2.34. The highest BCUT2D eigenvalue weighted by molar-refractivity contribution is 5.79. The number of carbonyl (C=O) groups is 1. The molecule has 0 atom stereocenters. The second-order valence-electron chi connectivity index (χ2n) is 6.71. The molecule has 122 valence electrons. The molecule has 1 N–H and O–H groups in total. The van der Waals surface area contributed by atoms with Gasteiger partial charge in [0.05, 0.1) is 0 Å². The van der Waals surface area contributed by atoms with E-state index in [1.807, 2.05) is 38.1 Å². The molecular weight excluding hydrogens is 298 g/mol. The molecular formula is C21H21NO2. The number of nitrogens with one attached hydrogen (secondary N) is 1. The van der Waals surface area contributed by atoms with Crippen molar-refractivity contribution in [1.29, 1.82) is 0 Å². The minimum Gasteiger partial charge on any atom is -0.449 e. The number of benzene rings is 2. The lowest BCUT2D eigenvalue weighted by Gasteiger charge is -2.19. The van der Waals surface area contributed by atoms with Crippen LogP contribution in [0, 0.1) is 17.8 Å². The highest BCUT2D eigenvalue weighted by Gasteiger charge is 2.29. The quantitative estimate of drug-likeness (QED) is 0.858. The van der Waals surface area contributed by atoms with Crippen LogP contribution in [-0.4, -0.2) is 19.2 Å². The van der Waals surface area contributed by atoms with Crippen LogP contribution in [0.25, 0.3) is 11.1 Å². The van der Waals surface area contributed by atoms with Crippen LogP contribution in [-0.2, 0) is 4.74 Å². The zero-order valence-electron chi connectivity index (χ0n) is 14.0. The molecule has 0 radical (unpaired) electrons. The van der Waals surface area contributed by atoms with E-state index in [1.165, 1.54) is 22.3 Å². The van der Waals surface area contributed by atoms with Crippen molar-refractivity contribution >= 4 is 6.09 Å². The molecule has 3 nitrogen and oxygen atoms in total. The maximum atomic E-state index is 12.0. The second-order valence-corrected chi connectivity index (χ2v) is 6.71. The lowest BCUT2D eigenvalue weighted by atomic mass is 9.95. The monoisotopic (exact) mass is 319 g/mol. The Bertz CT molecular complexity index is 756. The zero-order chi connectivity index (χ0) is 17.2. The van der Waals surface area contributed by atoms with E-state index < -0.39 is 6.09 Å². The van der Waals surface area contributed by atoms with Crippen LogP contribution >= 0.6 is 0 Å². The summed E-state index contributed by atoms with van der Waals surface area (Å²) in [4.78, 5) is 12.0. The van der Waals surface area contributed by atoms with Gasteiger partial charge in [0.15, 0.2) is 0 Å². The van der Waals surface area contributed by atoms with Gasteiger partial charge in [0, 0.05) is 17.9 Å². The average Bonchev–Trinajstić information content (AvgIpc) is 2.92. The Labute approximate surface area is 143 Å². The number of amides is 1. The zero-order valence-corrected chi connectivity index (χ0v) is 14.0. The van der Waals surface area contributed by atoms with E-state index in [2.05, 4.69) is 35.5 Å². The van der Waals surface area contributed by atoms with E-state index in [1.54, 1.807) is 0 Å². The van der Waals surface area contributed by atoms with Gasteiger partial charge in [-0.25, -0.2) is 4.79 Å². The van der Waals surface area contributed by atoms with Gasteiger partial charge < -0.3 is 10.1 Å². The smallest absolute Gasteiger partial charge is 0.407 e. The number of rotatable bonds is 4. The molecule has 1 aliphatic carbocycles. The van der Waals surface area contributed by atoms with Crippen LogP contribution in [0.1, 0.15) is 30.9 Å². The topological polar surface area (TPSA) is 38.3 Å². The molecule has 24 heavy (non-hydrogen) atoms. The maximum absolute atomic E-state index is 12.0. The fourth-order valence-electron chi connectivity index (χ4n) is 2.99. The van der Waals surface area contributed by atoms with Crippen molar-refractivity contribution in [3.05, 3.63) is 59.7 Å². The summed E-state index contributed by atoms with van der Waals surface area (Å²) in [5.74, 6) is 2.72. The largest absolute Gasteiger partial charge is 0.449 e. The van der Waals surface area contributed by atoms with Crippen molar-refractivity contribution in [1.82, 2.24) is 5.32 Å². The third kappa shape index (κ3) is 3.14. The highest BCUT2D eigenvalue weighted by atomic mass is 16.5. The summed E-state index contributed by atoms with van der Waals surface area (Å²) in [5.41, 5.74) is 4.46. The van der Waals surface area contributed by atoms with Crippen molar-refractivity contribution in [3.8, 4) is 23.5 Å². The van der Waals surface area contributed by atoms with Gasteiger partial charge in [-0.3, -0.25) is 0 Å². The summed E-state index contributed by atoms with van der Waals surface area (Å²) in [7, 11) is 0.